The minimum absolute atomic E-state index is 0. The van der Waals surface area contributed by atoms with Crippen molar-refractivity contribution < 1.29 is 29.6 Å². The SMILES string of the molecule is CCCCOP(c1ccccc1)c1cc(C)c(C=O)c(Cl)c1.[H-].[Li+]. The number of carbonyl (C=O) groups excluding carboxylic acids is 1. The van der Waals surface area contributed by atoms with E-state index in [-0.39, 0.29) is 20.3 Å². The molecule has 0 bridgehead atoms. The van der Waals surface area contributed by atoms with Crippen LogP contribution in [0.15, 0.2) is 42.5 Å². The maximum atomic E-state index is 11.1. The van der Waals surface area contributed by atoms with Crippen LogP contribution in [0.3, 0.4) is 0 Å². The van der Waals surface area contributed by atoms with Crippen molar-refractivity contribution in [2.75, 3.05) is 6.61 Å². The third kappa shape index (κ3) is 5.46. The van der Waals surface area contributed by atoms with Crippen molar-refractivity contribution >= 4 is 36.6 Å². The van der Waals surface area contributed by atoms with Gasteiger partial charge in [0.2, 0.25) is 0 Å². The predicted octanol–water partition coefficient (Wildman–Crippen LogP) is 1.74. The van der Waals surface area contributed by atoms with Gasteiger partial charge in [-0.15, -0.1) is 0 Å². The van der Waals surface area contributed by atoms with Gasteiger partial charge in [-0.2, -0.15) is 0 Å². The number of hydrogen-bond acceptors (Lipinski definition) is 2. The number of aryl methyl sites for hydroxylation is 1. The molecule has 0 spiro atoms. The normalized spacial score (nSPS) is 11.6. The van der Waals surface area contributed by atoms with E-state index in [1.807, 2.05) is 37.3 Å². The zero-order valence-electron chi connectivity index (χ0n) is 14.9. The summed E-state index contributed by atoms with van der Waals surface area (Å²) in [6, 6.07) is 14.1. The van der Waals surface area contributed by atoms with Gasteiger partial charge in [-0.3, -0.25) is 4.79 Å². The number of unbranched alkanes of at least 4 members (excludes halogenated alkanes) is 1. The van der Waals surface area contributed by atoms with Crippen LogP contribution < -0.4 is 29.5 Å². The molecule has 0 aliphatic carbocycles. The Hall–Kier alpha value is -0.613. The molecule has 118 valence electrons. The summed E-state index contributed by atoms with van der Waals surface area (Å²) >= 11 is 6.25. The first-order valence-electron chi connectivity index (χ1n) is 7.40. The van der Waals surface area contributed by atoms with Gasteiger partial charge >= 0.3 is 18.9 Å². The van der Waals surface area contributed by atoms with Crippen LogP contribution in [0, 0.1) is 6.92 Å². The molecule has 1 atom stereocenters. The number of aldehydes is 1. The molecular formula is C18H21ClLiO2P. The molecule has 0 heterocycles. The van der Waals surface area contributed by atoms with Crippen LogP contribution in [0.25, 0.3) is 0 Å². The zero-order chi connectivity index (χ0) is 15.9. The van der Waals surface area contributed by atoms with Crippen molar-refractivity contribution in [3.05, 3.63) is 58.6 Å². The van der Waals surface area contributed by atoms with E-state index in [2.05, 4.69) is 19.1 Å². The second-order valence-electron chi connectivity index (χ2n) is 5.09. The number of carbonyl (C=O) groups is 1. The van der Waals surface area contributed by atoms with Gasteiger partial charge in [0.15, 0.2) is 6.29 Å². The van der Waals surface area contributed by atoms with E-state index >= 15 is 0 Å². The standard InChI is InChI=1S/C18H20ClO2P.Li.H/c1-3-4-10-21-22(15-8-6-5-7-9-15)16-11-14(2)17(13-20)18(19)12-16;;/h5-9,11-13H,3-4,10H2,1-2H3;;/q;+1;-1. The van der Waals surface area contributed by atoms with Crippen LogP contribution in [0.4, 0.5) is 0 Å². The Kier molecular flexibility index (Phi) is 9.14. The van der Waals surface area contributed by atoms with Crippen LogP contribution in [-0.4, -0.2) is 12.9 Å². The van der Waals surface area contributed by atoms with Crippen molar-refractivity contribution in [2.24, 2.45) is 0 Å². The summed E-state index contributed by atoms with van der Waals surface area (Å²) in [5.41, 5.74) is 1.45. The van der Waals surface area contributed by atoms with Gasteiger partial charge in [0, 0.05) is 16.2 Å². The second-order valence-corrected chi connectivity index (χ2v) is 7.38. The monoisotopic (exact) mass is 342 g/mol. The van der Waals surface area contributed by atoms with Crippen molar-refractivity contribution in [3.8, 4) is 0 Å². The van der Waals surface area contributed by atoms with Crippen LogP contribution in [0.1, 0.15) is 37.1 Å². The fourth-order valence-corrected chi connectivity index (χ4v) is 4.46. The first kappa shape index (κ1) is 20.4. The number of hydrogen-bond donors (Lipinski definition) is 0. The van der Waals surface area contributed by atoms with Crippen LogP contribution in [0.5, 0.6) is 0 Å². The Labute approximate surface area is 158 Å². The molecule has 2 rings (SSSR count). The third-order valence-corrected chi connectivity index (χ3v) is 5.63. The first-order valence-corrected chi connectivity index (χ1v) is 9.04. The van der Waals surface area contributed by atoms with Gasteiger partial charge in [-0.25, -0.2) is 0 Å². The summed E-state index contributed by atoms with van der Waals surface area (Å²) in [6.45, 7) is 4.78. The van der Waals surface area contributed by atoms with Crippen LogP contribution >= 0.6 is 19.7 Å². The number of halogens is 1. The van der Waals surface area contributed by atoms with E-state index in [0.717, 1.165) is 41.9 Å². The third-order valence-electron chi connectivity index (χ3n) is 3.38. The molecule has 0 aliphatic rings. The largest absolute Gasteiger partial charge is 1.00 e. The topological polar surface area (TPSA) is 26.3 Å². The average Bonchev–Trinajstić information content (AvgIpc) is 2.52. The summed E-state index contributed by atoms with van der Waals surface area (Å²) in [7, 11) is -0.913. The van der Waals surface area contributed by atoms with E-state index in [4.69, 9.17) is 16.1 Å². The molecule has 2 aromatic carbocycles. The molecule has 0 fully saturated rings. The first-order chi connectivity index (χ1) is 10.7. The molecule has 2 nitrogen and oxygen atoms in total. The molecule has 0 aromatic heterocycles. The Morgan fingerprint density at radius 3 is 2.48 bits per heavy atom. The molecule has 1 unspecified atom stereocenters. The van der Waals surface area contributed by atoms with Gasteiger partial charge in [-0.05, 0) is 31.0 Å². The smallest absolute Gasteiger partial charge is 1.00 e. The maximum absolute atomic E-state index is 11.1. The van der Waals surface area contributed by atoms with Gasteiger partial charge in [0.1, 0.15) is 0 Å². The molecule has 2 aromatic rings. The Balaban J connectivity index is 0.00000264. The van der Waals surface area contributed by atoms with Crippen molar-refractivity contribution in [3.63, 3.8) is 0 Å². The molecule has 0 radical (unpaired) electrons. The van der Waals surface area contributed by atoms with E-state index < -0.39 is 8.15 Å². The molecule has 0 aliphatic heterocycles. The van der Waals surface area contributed by atoms with Gasteiger partial charge in [0.25, 0.3) is 0 Å². The summed E-state index contributed by atoms with van der Waals surface area (Å²) in [4.78, 5) is 11.1. The summed E-state index contributed by atoms with van der Waals surface area (Å²) < 4.78 is 6.16. The molecule has 0 amide bonds. The summed E-state index contributed by atoms with van der Waals surface area (Å²) in [5, 5.41) is 2.70. The molecular weight excluding hydrogens is 322 g/mol. The Bertz CT molecular complexity index is 617. The quantitative estimate of drug-likeness (QED) is 0.332. The Morgan fingerprint density at radius 2 is 1.91 bits per heavy atom. The average molecular weight is 343 g/mol. The predicted molar refractivity (Wildman–Crippen MR) is 96.2 cm³/mol. The van der Waals surface area contributed by atoms with Crippen LogP contribution in [0.2, 0.25) is 5.02 Å². The number of rotatable bonds is 7. The van der Waals surface area contributed by atoms with Crippen molar-refractivity contribution in [2.45, 2.75) is 26.7 Å². The second kappa shape index (κ2) is 10.3. The van der Waals surface area contributed by atoms with Gasteiger partial charge in [0.05, 0.1) is 19.8 Å². The minimum atomic E-state index is -0.913. The van der Waals surface area contributed by atoms with E-state index in [1.165, 1.54) is 0 Å². The van der Waals surface area contributed by atoms with E-state index in [0.29, 0.717) is 10.6 Å². The zero-order valence-corrected chi connectivity index (χ0v) is 15.5. The minimum Gasteiger partial charge on any atom is -1.00 e. The molecule has 0 saturated carbocycles. The fraction of sp³-hybridized carbons (Fsp3) is 0.278. The maximum Gasteiger partial charge on any atom is 1.00 e. The van der Waals surface area contributed by atoms with Crippen LogP contribution in [-0.2, 0) is 4.52 Å². The van der Waals surface area contributed by atoms with Crippen molar-refractivity contribution in [1.82, 2.24) is 0 Å². The van der Waals surface area contributed by atoms with Gasteiger partial charge < -0.3 is 5.95 Å². The van der Waals surface area contributed by atoms with Crippen molar-refractivity contribution in [1.29, 1.82) is 0 Å². The summed E-state index contributed by atoms with van der Waals surface area (Å²) in [6.07, 6.45) is 2.94. The Morgan fingerprint density at radius 1 is 1.22 bits per heavy atom. The summed E-state index contributed by atoms with van der Waals surface area (Å²) in [5.74, 6) is 0. The molecule has 0 saturated heterocycles. The van der Waals surface area contributed by atoms with E-state index in [1.54, 1.807) is 0 Å². The van der Waals surface area contributed by atoms with Gasteiger partial charge in [-0.1, -0.05) is 55.3 Å². The molecule has 23 heavy (non-hydrogen) atoms. The molecule has 5 heteroatoms. The fourth-order valence-electron chi connectivity index (χ4n) is 2.17. The number of benzene rings is 2. The molecule has 0 N–H and O–H groups in total. The van der Waals surface area contributed by atoms with E-state index in [9.17, 15) is 4.79 Å².